The second kappa shape index (κ2) is 2.10. The van der Waals surface area contributed by atoms with Crippen LogP contribution in [0.2, 0.25) is 0 Å². The Morgan fingerprint density at radius 2 is 2.09 bits per heavy atom. The van der Waals surface area contributed by atoms with Gasteiger partial charge in [-0.25, -0.2) is 0 Å². The van der Waals surface area contributed by atoms with E-state index in [0.717, 1.165) is 0 Å². The number of hydrogen-bond donors (Lipinski definition) is 1. The molecule has 0 aromatic heterocycles. The van der Waals surface area contributed by atoms with Crippen molar-refractivity contribution in [2.45, 2.75) is 18.2 Å². The summed E-state index contributed by atoms with van der Waals surface area (Å²) in [6.07, 6.45) is -5.80. The Balaban J connectivity index is 2.77. The largest absolute Gasteiger partial charge is 0.462 e. The summed E-state index contributed by atoms with van der Waals surface area (Å²) in [4.78, 5) is 10.2. The minimum absolute atomic E-state index is 0.991. The molecular formula is C5H5F3O3. The predicted molar refractivity (Wildman–Crippen MR) is 26.6 cm³/mol. The van der Waals surface area contributed by atoms with Crippen LogP contribution in [0, 0.1) is 0 Å². The molecule has 1 saturated heterocycles. The van der Waals surface area contributed by atoms with Crippen molar-refractivity contribution in [3.63, 3.8) is 0 Å². The second-order valence-electron chi connectivity index (χ2n) is 2.37. The van der Waals surface area contributed by atoms with Crippen LogP contribution in [-0.4, -0.2) is 29.5 Å². The third kappa shape index (κ3) is 1.30. The SMILES string of the molecule is O=C1CC(O)(C(F)(F)F)CO1. The van der Waals surface area contributed by atoms with E-state index in [1.807, 2.05) is 0 Å². The highest BCUT2D eigenvalue weighted by Crippen LogP contribution is 2.36. The summed E-state index contributed by atoms with van der Waals surface area (Å²) in [6, 6.07) is 0. The highest BCUT2D eigenvalue weighted by molar-refractivity contribution is 5.73. The van der Waals surface area contributed by atoms with Gasteiger partial charge in [0.05, 0.1) is 6.42 Å². The molecule has 3 nitrogen and oxygen atoms in total. The number of carbonyl (C=O) groups is 1. The summed E-state index contributed by atoms with van der Waals surface area (Å²) in [5.74, 6) is -1.02. The quantitative estimate of drug-likeness (QED) is 0.529. The molecule has 0 radical (unpaired) electrons. The highest BCUT2D eigenvalue weighted by Gasteiger charge is 2.59. The molecule has 1 heterocycles. The molecule has 0 amide bonds. The molecule has 1 aliphatic rings. The van der Waals surface area contributed by atoms with Gasteiger partial charge < -0.3 is 9.84 Å². The number of esters is 1. The molecule has 1 aliphatic heterocycles. The molecule has 0 aromatic carbocycles. The summed E-state index contributed by atoms with van der Waals surface area (Å²) in [5, 5.41) is 8.73. The van der Waals surface area contributed by atoms with Crippen molar-refractivity contribution in [2.24, 2.45) is 0 Å². The van der Waals surface area contributed by atoms with Gasteiger partial charge in [-0.3, -0.25) is 4.79 Å². The summed E-state index contributed by atoms with van der Waals surface area (Å²) in [7, 11) is 0. The molecule has 0 aromatic rings. The minimum Gasteiger partial charge on any atom is -0.462 e. The molecule has 1 unspecified atom stereocenters. The average molecular weight is 170 g/mol. The van der Waals surface area contributed by atoms with E-state index in [1.54, 1.807) is 0 Å². The summed E-state index contributed by atoms with van der Waals surface area (Å²) < 4.78 is 39.5. The molecule has 64 valence electrons. The first-order valence-corrected chi connectivity index (χ1v) is 2.80. The number of aliphatic hydroxyl groups is 1. The van der Waals surface area contributed by atoms with Gasteiger partial charge in [0.1, 0.15) is 6.61 Å². The van der Waals surface area contributed by atoms with Crippen LogP contribution < -0.4 is 0 Å². The zero-order valence-corrected chi connectivity index (χ0v) is 5.31. The van der Waals surface area contributed by atoms with E-state index in [2.05, 4.69) is 4.74 Å². The number of rotatable bonds is 0. The first kappa shape index (κ1) is 8.32. The molecule has 1 atom stereocenters. The predicted octanol–water partition coefficient (Wildman–Crippen LogP) is 0.227. The van der Waals surface area contributed by atoms with E-state index in [1.165, 1.54) is 0 Å². The Labute approximate surface area is 59.8 Å². The average Bonchev–Trinajstić information content (AvgIpc) is 2.10. The highest BCUT2D eigenvalue weighted by atomic mass is 19.4. The van der Waals surface area contributed by atoms with E-state index in [-0.39, 0.29) is 0 Å². The number of hydrogen-bond acceptors (Lipinski definition) is 3. The summed E-state index contributed by atoms with van der Waals surface area (Å²) >= 11 is 0. The van der Waals surface area contributed by atoms with Crippen molar-refractivity contribution in [3.05, 3.63) is 0 Å². The third-order valence-corrected chi connectivity index (χ3v) is 1.44. The van der Waals surface area contributed by atoms with Gasteiger partial charge in [-0.05, 0) is 0 Å². The third-order valence-electron chi connectivity index (χ3n) is 1.44. The van der Waals surface area contributed by atoms with Gasteiger partial charge in [-0.1, -0.05) is 0 Å². The molecule has 1 N–H and O–H groups in total. The van der Waals surface area contributed by atoms with E-state index < -0.39 is 30.8 Å². The maximum absolute atomic E-state index is 11.8. The number of cyclic esters (lactones) is 1. The van der Waals surface area contributed by atoms with Gasteiger partial charge in [-0.2, -0.15) is 13.2 Å². The van der Waals surface area contributed by atoms with E-state index >= 15 is 0 Å². The molecular weight excluding hydrogens is 165 g/mol. The smallest absolute Gasteiger partial charge is 0.421 e. The Morgan fingerprint density at radius 3 is 2.27 bits per heavy atom. The Morgan fingerprint density at radius 1 is 1.55 bits per heavy atom. The Kier molecular flexibility index (Phi) is 1.59. The van der Waals surface area contributed by atoms with Crippen LogP contribution in [-0.2, 0) is 9.53 Å². The van der Waals surface area contributed by atoms with Gasteiger partial charge >= 0.3 is 12.1 Å². The molecule has 0 saturated carbocycles. The van der Waals surface area contributed by atoms with Crippen molar-refractivity contribution in [1.82, 2.24) is 0 Å². The van der Waals surface area contributed by atoms with Gasteiger partial charge in [0.2, 0.25) is 5.60 Å². The molecule has 0 aliphatic carbocycles. The number of carbonyl (C=O) groups excluding carboxylic acids is 1. The van der Waals surface area contributed by atoms with Gasteiger partial charge in [0.15, 0.2) is 0 Å². The van der Waals surface area contributed by atoms with Gasteiger partial charge in [0, 0.05) is 0 Å². The van der Waals surface area contributed by atoms with Gasteiger partial charge in [0.25, 0.3) is 0 Å². The molecule has 0 spiro atoms. The lowest BCUT2D eigenvalue weighted by atomic mass is 10.0. The van der Waals surface area contributed by atoms with Crippen molar-refractivity contribution in [1.29, 1.82) is 0 Å². The fourth-order valence-electron chi connectivity index (χ4n) is 0.723. The van der Waals surface area contributed by atoms with Crippen molar-refractivity contribution >= 4 is 5.97 Å². The first-order chi connectivity index (χ1) is 4.85. The first-order valence-electron chi connectivity index (χ1n) is 2.80. The molecule has 1 fully saturated rings. The fourth-order valence-corrected chi connectivity index (χ4v) is 0.723. The number of ether oxygens (including phenoxy) is 1. The maximum Gasteiger partial charge on any atom is 0.421 e. The fraction of sp³-hybridized carbons (Fsp3) is 0.800. The monoisotopic (exact) mass is 170 g/mol. The molecule has 6 heteroatoms. The lowest BCUT2D eigenvalue weighted by Crippen LogP contribution is -2.45. The van der Waals surface area contributed by atoms with E-state index in [4.69, 9.17) is 5.11 Å². The zero-order chi connectivity index (χ0) is 8.70. The second-order valence-corrected chi connectivity index (χ2v) is 2.37. The summed E-state index contributed by atoms with van der Waals surface area (Å²) in [5.41, 5.74) is -2.97. The van der Waals surface area contributed by atoms with Crippen LogP contribution in [0.4, 0.5) is 13.2 Å². The van der Waals surface area contributed by atoms with Crippen LogP contribution in [0.15, 0.2) is 0 Å². The number of alkyl halides is 3. The van der Waals surface area contributed by atoms with E-state index in [9.17, 15) is 18.0 Å². The van der Waals surface area contributed by atoms with Crippen LogP contribution in [0.25, 0.3) is 0 Å². The Bertz CT molecular complexity index is 188. The van der Waals surface area contributed by atoms with Crippen molar-refractivity contribution in [3.8, 4) is 0 Å². The summed E-state index contributed by atoms with van der Waals surface area (Å²) in [6.45, 7) is -0.991. The standard InChI is InChI=1S/C5H5F3O3/c6-5(7,8)4(10)1-3(9)11-2-4/h10H,1-2H2. The lowest BCUT2D eigenvalue weighted by molar-refractivity contribution is -0.257. The van der Waals surface area contributed by atoms with Crippen molar-refractivity contribution < 1.29 is 27.8 Å². The van der Waals surface area contributed by atoms with Crippen LogP contribution in [0.1, 0.15) is 6.42 Å². The van der Waals surface area contributed by atoms with Crippen LogP contribution >= 0.6 is 0 Å². The maximum atomic E-state index is 11.8. The van der Waals surface area contributed by atoms with Crippen molar-refractivity contribution in [2.75, 3.05) is 6.61 Å². The lowest BCUT2D eigenvalue weighted by Gasteiger charge is -2.21. The van der Waals surface area contributed by atoms with Crippen LogP contribution in [0.3, 0.4) is 0 Å². The minimum atomic E-state index is -4.79. The molecule has 11 heavy (non-hydrogen) atoms. The Hall–Kier alpha value is -0.780. The molecule has 0 bridgehead atoms. The molecule has 1 rings (SSSR count). The normalized spacial score (nSPS) is 32.2. The topological polar surface area (TPSA) is 46.5 Å². The number of halogens is 3. The van der Waals surface area contributed by atoms with Crippen LogP contribution in [0.5, 0.6) is 0 Å². The van der Waals surface area contributed by atoms with E-state index in [0.29, 0.717) is 0 Å². The van der Waals surface area contributed by atoms with Gasteiger partial charge in [-0.15, -0.1) is 0 Å². The zero-order valence-electron chi connectivity index (χ0n) is 5.31.